The van der Waals surface area contributed by atoms with E-state index in [4.69, 9.17) is 10.5 Å². The molecular formula is C17H27ClN2O2. The lowest BCUT2D eigenvalue weighted by Gasteiger charge is -2.31. The fourth-order valence-corrected chi connectivity index (χ4v) is 2.91. The lowest BCUT2D eigenvalue weighted by Crippen LogP contribution is -2.55. The Morgan fingerprint density at radius 2 is 2.05 bits per heavy atom. The summed E-state index contributed by atoms with van der Waals surface area (Å²) < 4.78 is 5.21. The third kappa shape index (κ3) is 5.18. The van der Waals surface area contributed by atoms with Gasteiger partial charge in [-0.1, -0.05) is 31.4 Å². The lowest BCUT2D eigenvalue weighted by atomic mass is 9.82. The number of nitrogens with two attached hydrogens (primary N) is 1. The van der Waals surface area contributed by atoms with Crippen molar-refractivity contribution in [3.05, 3.63) is 29.8 Å². The number of aryl methyl sites for hydroxylation is 1. The standard InChI is InChI=1S/C17H26N2O2.ClH/c1-21-15-9-5-7-14(13-15)8-6-12-19-16(20)17(18)10-3-2-4-11-17;/h5,7,9,13H,2-4,6,8,10-12,18H2,1H3,(H,19,20);1H. The molecule has 22 heavy (non-hydrogen) atoms. The normalized spacial score (nSPS) is 16.5. The Morgan fingerprint density at radius 1 is 1.32 bits per heavy atom. The second kappa shape index (κ2) is 9.01. The Bertz CT molecular complexity index is 473. The summed E-state index contributed by atoms with van der Waals surface area (Å²) in [7, 11) is 1.67. The van der Waals surface area contributed by atoms with E-state index in [1.54, 1.807) is 7.11 Å². The van der Waals surface area contributed by atoms with Crippen LogP contribution < -0.4 is 15.8 Å². The highest BCUT2D eigenvalue weighted by Gasteiger charge is 2.34. The summed E-state index contributed by atoms with van der Waals surface area (Å²) in [6, 6.07) is 8.04. The van der Waals surface area contributed by atoms with Gasteiger partial charge in [0.15, 0.2) is 0 Å². The molecule has 0 aromatic heterocycles. The van der Waals surface area contributed by atoms with E-state index in [1.165, 1.54) is 12.0 Å². The molecule has 1 aliphatic rings. The van der Waals surface area contributed by atoms with Crippen LogP contribution in [-0.4, -0.2) is 25.1 Å². The number of hydrogen-bond acceptors (Lipinski definition) is 3. The van der Waals surface area contributed by atoms with Gasteiger partial charge in [0.25, 0.3) is 0 Å². The van der Waals surface area contributed by atoms with E-state index in [9.17, 15) is 4.79 Å². The molecule has 1 aromatic carbocycles. The fraction of sp³-hybridized carbons (Fsp3) is 0.588. The fourth-order valence-electron chi connectivity index (χ4n) is 2.91. The minimum atomic E-state index is -0.631. The molecule has 124 valence electrons. The van der Waals surface area contributed by atoms with Crippen molar-refractivity contribution < 1.29 is 9.53 Å². The van der Waals surface area contributed by atoms with E-state index in [0.717, 1.165) is 44.3 Å². The minimum Gasteiger partial charge on any atom is -0.497 e. The van der Waals surface area contributed by atoms with Crippen molar-refractivity contribution in [2.24, 2.45) is 5.73 Å². The molecule has 2 rings (SSSR count). The smallest absolute Gasteiger partial charge is 0.240 e. The van der Waals surface area contributed by atoms with Crippen LogP contribution in [0.3, 0.4) is 0 Å². The highest BCUT2D eigenvalue weighted by molar-refractivity contribution is 5.86. The molecule has 0 spiro atoms. The quantitative estimate of drug-likeness (QED) is 0.790. The number of amides is 1. The highest BCUT2D eigenvalue weighted by Crippen LogP contribution is 2.25. The number of nitrogens with one attached hydrogen (secondary N) is 1. The van der Waals surface area contributed by atoms with Crippen molar-refractivity contribution >= 4 is 18.3 Å². The summed E-state index contributed by atoms with van der Waals surface area (Å²) in [4.78, 5) is 12.2. The Balaban J connectivity index is 0.00000242. The average molecular weight is 327 g/mol. The number of carbonyl (C=O) groups is 1. The Morgan fingerprint density at radius 3 is 2.73 bits per heavy atom. The first kappa shape index (κ1) is 18.8. The number of carbonyl (C=O) groups excluding carboxylic acids is 1. The minimum absolute atomic E-state index is 0. The van der Waals surface area contributed by atoms with Gasteiger partial charge in [-0.3, -0.25) is 4.79 Å². The maximum atomic E-state index is 12.2. The second-order valence-electron chi connectivity index (χ2n) is 5.93. The van der Waals surface area contributed by atoms with Crippen LogP contribution in [0.2, 0.25) is 0 Å². The predicted octanol–water partition coefficient (Wildman–Crippen LogP) is 2.83. The zero-order valence-electron chi connectivity index (χ0n) is 13.3. The van der Waals surface area contributed by atoms with Crippen molar-refractivity contribution in [2.45, 2.75) is 50.5 Å². The topological polar surface area (TPSA) is 64.3 Å². The maximum absolute atomic E-state index is 12.2. The van der Waals surface area contributed by atoms with E-state index in [-0.39, 0.29) is 18.3 Å². The number of halogens is 1. The molecule has 3 N–H and O–H groups in total. The van der Waals surface area contributed by atoms with E-state index >= 15 is 0 Å². The molecule has 5 heteroatoms. The summed E-state index contributed by atoms with van der Waals surface area (Å²) in [6.07, 6.45) is 6.79. The van der Waals surface area contributed by atoms with E-state index in [2.05, 4.69) is 11.4 Å². The zero-order chi connectivity index (χ0) is 15.1. The van der Waals surface area contributed by atoms with E-state index in [1.807, 2.05) is 18.2 Å². The number of methoxy groups -OCH3 is 1. The monoisotopic (exact) mass is 326 g/mol. The molecule has 1 aromatic rings. The van der Waals surface area contributed by atoms with Gasteiger partial charge in [0.2, 0.25) is 5.91 Å². The Labute approximate surface area is 139 Å². The first-order valence-electron chi connectivity index (χ1n) is 7.84. The third-order valence-electron chi connectivity index (χ3n) is 4.26. The summed E-state index contributed by atoms with van der Waals surface area (Å²) >= 11 is 0. The molecule has 1 amide bonds. The molecule has 0 atom stereocenters. The number of hydrogen-bond donors (Lipinski definition) is 2. The Hall–Kier alpha value is -1.26. The molecule has 1 fully saturated rings. The molecule has 4 nitrogen and oxygen atoms in total. The number of benzene rings is 1. The van der Waals surface area contributed by atoms with E-state index < -0.39 is 5.54 Å². The van der Waals surface area contributed by atoms with Gasteiger partial charge in [-0.15, -0.1) is 12.4 Å². The van der Waals surface area contributed by atoms with Gasteiger partial charge in [-0.25, -0.2) is 0 Å². The van der Waals surface area contributed by atoms with Crippen LogP contribution in [0.25, 0.3) is 0 Å². The van der Waals surface area contributed by atoms with Crippen molar-refractivity contribution in [1.29, 1.82) is 0 Å². The van der Waals surface area contributed by atoms with Crippen LogP contribution in [0.1, 0.15) is 44.1 Å². The highest BCUT2D eigenvalue weighted by atomic mass is 35.5. The van der Waals surface area contributed by atoms with Crippen molar-refractivity contribution in [3.63, 3.8) is 0 Å². The molecule has 1 aliphatic carbocycles. The van der Waals surface area contributed by atoms with Gasteiger partial charge in [0.05, 0.1) is 12.6 Å². The molecular weight excluding hydrogens is 300 g/mol. The zero-order valence-corrected chi connectivity index (χ0v) is 14.1. The van der Waals surface area contributed by atoms with Crippen molar-refractivity contribution in [1.82, 2.24) is 5.32 Å². The van der Waals surface area contributed by atoms with Crippen LogP contribution in [0.15, 0.2) is 24.3 Å². The molecule has 0 unspecified atom stereocenters. The van der Waals surface area contributed by atoms with Gasteiger partial charge in [-0.2, -0.15) is 0 Å². The van der Waals surface area contributed by atoms with Crippen LogP contribution in [0.4, 0.5) is 0 Å². The number of rotatable bonds is 6. The molecule has 0 bridgehead atoms. The van der Waals surface area contributed by atoms with Crippen LogP contribution in [-0.2, 0) is 11.2 Å². The summed E-state index contributed by atoms with van der Waals surface area (Å²) in [5, 5.41) is 3.00. The summed E-state index contributed by atoms with van der Waals surface area (Å²) in [6.45, 7) is 0.676. The van der Waals surface area contributed by atoms with Crippen LogP contribution in [0, 0.1) is 0 Å². The number of ether oxygens (including phenoxy) is 1. The average Bonchev–Trinajstić information content (AvgIpc) is 2.52. The largest absolute Gasteiger partial charge is 0.497 e. The van der Waals surface area contributed by atoms with E-state index in [0.29, 0.717) is 6.54 Å². The predicted molar refractivity (Wildman–Crippen MR) is 91.6 cm³/mol. The lowest BCUT2D eigenvalue weighted by molar-refractivity contribution is -0.127. The SMILES string of the molecule is COc1cccc(CCCNC(=O)C2(N)CCCCC2)c1.Cl. The van der Waals surface area contributed by atoms with Crippen molar-refractivity contribution in [2.75, 3.05) is 13.7 Å². The summed E-state index contributed by atoms with van der Waals surface area (Å²) in [5.41, 5.74) is 6.80. The molecule has 1 saturated carbocycles. The van der Waals surface area contributed by atoms with Gasteiger partial charge in [-0.05, 0) is 43.4 Å². The van der Waals surface area contributed by atoms with Gasteiger partial charge >= 0.3 is 0 Å². The van der Waals surface area contributed by atoms with Crippen LogP contribution >= 0.6 is 12.4 Å². The van der Waals surface area contributed by atoms with Gasteiger partial charge < -0.3 is 15.8 Å². The van der Waals surface area contributed by atoms with Crippen molar-refractivity contribution in [3.8, 4) is 5.75 Å². The van der Waals surface area contributed by atoms with Crippen LogP contribution in [0.5, 0.6) is 5.75 Å². The summed E-state index contributed by atoms with van der Waals surface area (Å²) in [5.74, 6) is 0.896. The first-order valence-corrected chi connectivity index (χ1v) is 7.84. The van der Waals surface area contributed by atoms with Gasteiger partial charge in [0.1, 0.15) is 5.75 Å². The third-order valence-corrected chi connectivity index (χ3v) is 4.26. The van der Waals surface area contributed by atoms with Gasteiger partial charge in [0, 0.05) is 6.54 Å². The molecule has 0 radical (unpaired) electrons. The maximum Gasteiger partial charge on any atom is 0.240 e. The Kier molecular flexibility index (Phi) is 7.69. The molecule has 0 heterocycles. The second-order valence-corrected chi connectivity index (χ2v) is 5.93. The molecule has 0 aliphatic heterocycles. The molecule has 0 saturated heterocycles. The first-order chi connectivity index (χ1) is 10.1.